The van der Waals surface area contributed by atoms with Crippen molar-refractivity contribution < 1.29 is 9.53 Å². The van der Waals surface area contributed by atoms with Gasteiger partial charge in [-0.05, 0) is 62.8 Å². The molecule has 1 aliphatic heterocycles. The van der Waals surface area contributed by atoms with Gasteiger partial charge < -0.3 is 15.0 Å². The van der Waals surface area contributed by atoms with E-state index in [1.807, 2.05) is 38.1 Å². The number of amides is 1. The minimum Gasteiger partial charge on any atom is -0.380 e. The molecule has 1 aliphatic carbocycles. The molecule has 2 heterocycles. The number of rotatable bonds is 7. The molecule has 2 aliphatic rings. The number of methoxy groups -OCH3 is 1. The molecule has 2 N–H and O–H groups in total. The molecule has 0 spiro atoms. The fourth-order valence-corrected chi connectivity index (χ4v) is 4.69. The van der Waals surface area contributed by atoms with Crippen LogP contribution in [0, 0.1) is 5.41 Å². The van der Waals surface area contributed by atoms with Gasteiger partial charge in [-0.1, -0.05) is 26.0 Å². The van der Waals surface area contributed by atoms with E-state index in [9.17, 15) is 9.59 Å². The third-order valence-corrected chi connectivity index (χ3v) is 6.92. The average Bonchev–Trinajstić information content (AvgIpc) is 3.27. The highest BCUT2D eigenvalue weighted by Crippen LogP contribution is 2.30. The maximum absolute atomic E-state index is 13.1. The van der Waals surface area contributed by atoms with Crippen LogP contribution in [0.25, 0.3) is 11.3 Å². The molecule has 32 heavy (non-hydrogen) atoms. The third kappa shape index (κ3) is 4.94. The van der Waals surface area contributed by atoms with Gasteiger partial charge in [-0.2, -0.15) is 5.10 Å². The fourth-order valence-electron chi connectivity index (χ4n) is 4.69. The molecule has 1 aromatic heterocycles. The first kappa shape index (κ1) is 22.7. The zero-order chi connectivity index (χ0) is 22.7. The first-order valence-electron chi connectivity index (χ1n) is 11.6. The maximum atomic E-state index is 13.1. The number of nitrogens with zero attached hydrogens (tertiary/aromatic N) is 2. The predicted octanol–water partition coefficient (Wildman–Crippen LogP) is 3.39. The van der Waals surface area contributed by atoms with E-state index in [-0.39, 0.29) is 11.5 Å². The summed E-state index contributed by atoms with van der Waals surface area (Å²) in [5.41, 5.74) is 3.81. The van der Waals surface area contributed by atoms with Crippen molar-refractivity contribution in [2.75, 3.05) is 32.1 Å². The van der Waals surface area contributed by atoms with Gasteiger partial charge in [0.1, 0.15) is 0 Å². The minimum atomic E-state index is -0.490. The van der Waals surface area contributed by atoms with Crippen LogP contribution in [0.3, 0.4) is 0 Å². The molecule has 0 saturated carbocycles. The molecular formula is C25H34N4O3. The Bertz CT molecular complexity index is 1030. The third-order valence-electron chi connectivity index (χ3n) is 6.92. The number of carbonyl (C=O) groups excluding carboxylic acids is 1. The Morgan fingerprint density at radius 1 is 1.28 bits per heavy atom. The van der Waals surface area contributed by atoms with Crippen LogP contribution in [0.1, 0.15) is 50.7 Å². The second-order valence-electron chi connectivity index (χ2n) is 9.68. The summed E-state index contributed by atoms with van der Waals surface area (Å²) in [4.78, 5) is 27.6. The Morgan fingerprint density at radius 3 is 2.81 bits per heavy atom. The lowest BCUT2D eigenvalue weighted by molar-refractivity contribution is -0.124. The fraction of sp³-hybridized carbons (Fsp3) is 0.560. The van der Waals surface area contributed by atoms with E-state index >= 15 is 0 Å². The lowest BCUT2D eigenvalue weighted by Crippen LogP contribution is -2.35. The molecule has 1 fully saturated rings. The number of likely N-dealkylation sites (tertiary alicyclic amines) is 1. The number of anilines is 1. The van der Waals surface area contributed by atoms with E-state index in [0.29, 0.717) is 6.10 Å². The van der Waals surface area contributed by atoms with Crippen molar-refractivity contribution in [2.45, 2.75) is 58.5 Å². The molecule has 1 atom stereocenters. The van der Waals surface area contributed by atoms with Crippen molar-refractivity contribution in [1.82, 2.24) is 15.1 Å². The van der Waals surface area contributed by atoms with Crippen molar-refractivity contribution in [2.24, 2.45) is 5.41 Å². The van der Waals surface area contributed by atoms with Gasteiger partial charge >= 0.3 is 0 Å². The number of aromatic amines is 1. The molecule has 1 unspecified atom stereocenters. The molecule has 1 amide bonds. The van der Waals surface area contributed by atoms with Crippen LogP contribution >= 0.6 is 0 Å². The quantitative estimate of drug-likeness (QED) is 0.692. The van der Waals surface area contributed by atoms with E-state index in [2.05, 4.69) is 20.4 Å². The molecule has 4 rings (SSSR count). The van der Waals surface area contributed by atoms with Crippen LogP contribution in [-0.2, 0) is 22.4 Å². The summed E-state index contributed by atoms with van der Waals surface area (Å²) in [6.45, 7) is 6.83. The summed E-state index contributed by atoms with van der Waals surface area (Å²) < 4.78 is 5.44. The number of hydrogen-bond donors (Lipinski definition) is 2. The van der Waals surface area contributed by atoms with Crippen LogP contribution in [0.2, 0.25) is 0 Å². The number of carbonyl (C=O) groups is 1. The molecule has 1 aromatic carbocycles. The standard InChI is InChI=1S/C25H34N4O3/c1-25(2,12-14-29-13-11-19(16-29)32-3)24(31)26-18-8-6-7-17(15-18)22-20-9-4-5-10-21(20)23(30)28-27-22/h6-8,15,19H,4-5,9-14,16H2,1-3H3,(H,26,31)(H,28,30). The Balaban J connectivity index is 1.45. The SMILES string of the molecule is COC1CCN(CCC(C)(C)C(=O)Nc2cccc(-c3n[nH]c(=O)c4c3CCCC4)c2)C1. The molecule has 1 saturated heterocycles. The molecular weight excluding hydrogens is 404 g/mol. The largest absolute Gasteiger partial charge is 0.380 e. The van der Waals surface area contributed by atoms with E-state index in [1.165, 1.54) is 0 Å². The summed E-state index contributed by atoms with van der Waals surface area (Å²) in [6, 6.07) is 7.76. The Morgan fingerprint density at radius 2 is 2.06 bits per heavy atom. The van der Waals surface area contributed by atoms with Crippen LogP contribution in [0.5, 0.6) is 0 Å². The molecule has 0 bridgehead atoms. The minimum absolute atomic E-state index is 0.00796. The zero-order valence-electron chi connectivity index (χ0n) is 19.4. The van der Waals surface area contributed by atoms with E-state index in [1.54, 1.807) is 7.11 Å². The van der Waals surface area contributed by atoms with E-state index < -0.39 is 5.41 Å². The van der Waals surface area contributed by atoms with Gasteiger partial charge in [0.15, 0.2) is 0 Å². The van der Waals surface area contributed by atoms with Gasteiger partial charge in [0.25, 0.3) is 5.56 Å². The molecule has 2 aromatic rings. The van der Waals surface area contributed by atoms with Crippen LogP contribution in [0.4, 0.5) is 5.69 Å². The van der Waals surface area contributed by atoms with Crippen molar-refractivity contribution in [3.63, 3.8) is 0 Å². The lowest BCUT2D eigenvalue weighted by atomic mass is 9.87. The molecule has 7 heteroatoms. The summed E-state index contributed by atoms with van der Waals surface area (Å²) in [5.74, 6) is 0.00796. The second-order valence-corrected chi connectivity index (χ2v) is 9.68. The number of benzene rings is 1. The zero-order valence-corrected chi connectivity index (χ0v) is 19.4. The lowest BCUT2D eigenvalue weighted by Gasteiger charge is -2.26. The van der Waals surface area contributed by atoms with Gasteiger partial charge in [0.2, 0.25) is 5.91 Å². The van der Waals surface area contributed by atoms with Gasteiger partial charge in [-0.3, -0.25) is 9.59 Å². The number of aromatic nitrogens is 2. The Kier molecular flexibility index (Phi) is 6.76. The highest BCUT2D eigenvalue weighted by Gasteiger charge is 2.30. The normalized spacial score (nSPS) is 19.0. The average molecular weight is 439 g/mol. The first-order valence-corrected chi connectivity index (χ1v) is 11.6. The monoisotopic (exact) mass is 438 g/mol. The highest BCUT2D eigenvalue weighted by molar-refractivity contribution is 5.95. The maximum Gasteiger partial charge on any atom is 0.267 e. The summed E-state index contributed by atoms with van der Waals surface area (Å²) >= 11 is 0. The number of nitrogens with one attached hydrogen (secondary N) is 2. The van der Waals surface area contributed by atoms with Crippen molar-refractivity contribution in [3.05, 3.63) is 45.7 Å². The number of hydrogen-bond acceptors (Lipinski definition) is 5. The van der Waals surface area contributed by atoms with E-state index in [0.717, 1.165) is 86.2 Å². The highest BCUT2D eigenvalue weighted by atomic mass is 16.5. The summed E-state index contributed by atoms with van der Waals surface area (Å²) in [5, 5.41) is 10.1. The van der Waals surface area contributed by atoms with Gasteiger partial charge in [0.05, 0.1) is 11.8 Å². The van der Waals surface area contributed by atoms with Crippen molar-refractivity contribution >= 4 is 11.6 Å². The van der Waals surface area contributed by atoms with Crippen molar-refractivity contribution in [3.8, 4) is 11.3 Å². The molecule has 0 radical (unpaired) electrons. The molecule has 172 valence electrons. The number of fused-ring (bicyclic) bond motifs is 1. The summed E-state index contributed by atoms with van der Waals surface area (Å²) in [6.07, 6.45) is 5.91. The molecule has 7 nitrogen and oxygen atoms in total. The first-order chi connectivity index (χ1) is 15.4. The second kappa shape index (κ2) is 9.55. The summed E-state index contributed by atoms with van der Waals surface area (Å²) in [7, 11) is 1.76. The number of H-pyrrole nitrogens is 1. The predicted molar refractivity (Wildman–Crippen MR) is 126 cm³/mol. The van der Waals surface area contributed by atoms with Gasteiger partial charge in [-0.25, -0.2) is 5.10 Å². The Hall–Kier alpha value is -2.51. The van der Waals surface area contributed by atoms with Gasteiger partial charge in [0, 0.05) is 42.4 Å². The smallest absolute Gasteiger partial charge is 0.267 e. The topological polar surface area (TPSA) is 87.3 Å². The van der Waals surface area contributed by atoms with Crippen LogP contribution in [-0.4, -0.2) is 53.9 Å². The Labute approximate surface area is 189 Å². The van der Waals surface area contributed by atoms with Crippen LogP contribution < -0.4 is 10.9 Å². The van der Waals surface area contributed by atoms with Gasteiger partial charge in [-0.15, -0.1) is 0 Å². The van der Waals surface area contributed by atoms with Crippen LogP contribution in [0.15, 0.2) is 29.1 Å². The number of ether oxygens (including phenoxy) is 1. The van der Waals surface area contributed by atoms with Crippen molar-refractivity contribution in [1.29, 1.82) is 0 Å². The van der Waals surface area contributed by atoms with E-state index in [4.69, 9.17) is 4.74 Å².